The molecule has 0 aliphatic heterocycles. The molecule has 0 radical (unpaired) electrons. The van der Waals surface area contributed by atoms with Crippen molar-refractivity contribution in [1.29, 1.82) is 0 Å². The second-order valence-electron chi connectivity index (χ2n) is 4.34. The normalized spacial score (nSPS) is 22.9. The molecule has 0 fully saturated rings. The first-order valence-corrected chi connectivity index (χ1v) is 6.60. The van der Waals surface area contributed by atoms with E-state index in [9.17, 15) is 0 Å². The minimum atomic E-state index is 0.501. The van der Waals surface area contributed by atoms with Gasteiger partial charge in [0, 0.05) is 17.0 Å². The van der Waals surface area contributed by atoms with Crippen LogP contribution in [0.3, 0.4) is 0 Å². The maximum Gasteiger partial charge on any atom is 0.0391 e. The summed E-state index contributed by atoms with van der Waals surface area (Å²) in [7, 11) is 0. The molecule has 1 heterocycles. The van der Waals surface area contributed by atoms with Crippen LogP contribution in [0.25, 0.3) is 0 Å². The number of hydrogen-bond donors (Lipinski definition) is 1. The quantitative estimate of drug-likeness (QED) is 0.765. The van der Waals surface area contributed by atoms with Crippen LogP contribution in [0.2, 0.25) is 0 Å². The van der Waals surface area contributed by atoms with Gasteiger partial charge in [0.05, 0.1) is 0 Å². The molecule has 0 saturated heterocycles. The van der Waals surface area contributed by atoms with Crippen LogP contribution in [0.4, 0.5) is 0 Å². The zero-order chi connectivity index (χ0) is 10.7. The van der Waals surface area contributed by atoms with Crippen molar-refractivity contribution in [3.05, 3.63) is 34.0 Å². The summed E-state index contributed by atoms with van der Waals surface area (Å²) in [4.78, 5) is 1.49. The Labute approximate surface area is 96.2 Å². The van der Waals surface area contributed by atoms with Crippen molar-refractivity contribution in [3.63, 3.8) is 0 Å². The first kappa shape index (κ1) is 10.9. The number of thiophene rings is 1. The van der Waals surface area contributed by atoms with Gasteiger partial charge in [-0.3, -0.25) is 0 Å². The Morgan fingerprint density at radius 3 is 2.93 bits per heavy atom. The molecule has 1 N–H and O–H groups in total. The summed E-state index contributed by atoms with van der Waals surface area (Å²) in [6, 6.07) is 3.38. The van der Waals surface area contributed by atoms with E-state index < -0.39 is 0 Å². The molecule has 1 nitrogen and oxygen atoms in total. The molecule has 1 aromatic heterocycles. The summed E-state index contributed by atoms with van der Waals surface area (Å²) >= 11 is 1.87. The first-order chi connectivity index (χ1) is 7.27. The molecule has 2 rings (SSSR count). The molecule has 2 atom stereocenters. The van der Waals surface area contributed by atoms with Crippen molar-refractivity contribution in [3.8, 4) is 0 Å². The first-order valence-electron chi connectivity index (χ1n) is 5.72. The van der Waals surface area contributed by atoms with E-state index in [1.165, 1.54) is 29.7 Å². The average molecular weight is 221 g/mol. The molecular weight excluding hydrogens is 202 g/mol. The van der Waals surface area contributed by atoms with Crippen molar-refractivity contribution in [2.75, 3.05) is 0 Å². The third-order valence-corrected chi connectivity index (χ3v) is 4.25. The molecule has 15 heavy (non-hydrogen) atoms. The number of aryl methyl sites for hydroxylation is 1. The van der Waals surface area contributed by atoms with E-state index >= 15 is 0 Å². The van der Waals surface area contributed by atoms with E-state index in [-0.39, 0.29) is 0 Å². The summed E-state index contributed by atoms with van der Waals surface area (Å²) in [5.74, 6) is 0. The fraction of sp³-hybridized carbons (Fsp3) is 0.538. The van der Waals surface area contributed by atoms with Crippen LogP contribution in [-0.2, 0) is 0 Å². The molecule has 1 aliphatic carbocycles. The van der Waals surface area contributed by atoms with E-state index in [1.54, 1.807) is 0 Å². The predicted octanol–water partition coefficient (Wildman–Crippen LogP) is 3.82. The zero-order valence-electron chi connectivity index (χ0n) is 9.49. The SMILES string of the molecule is Cc1ccsc1C(C)NC1CC=CCC1. The van der Waals surface area contributed by atoms with Gasteiger partial charge in [-0.25, -0.2) is 0 Å². The van der Waals surface area contributed by atoms with Gasteiger partial charge in [-0.2, -0.15) is 0 Å². The van der Waals surface area contributed by atoms with E-state index in [2.05, 4.69) is 42.8 Å². The van der Waals surface area contributed by atoms with E-state index in [1.807, 2.05) is 11.3 Å². The van der Waals surface area contributed by atoms with Crippen LogP contribution in [0.15, 0.2) is 23.6 Å². The summed E-state index contributed by atoms with van der Waals surface area (Å²) in [5, 5.41) is 5.91. The molecule has 1 aliphatic rings. The van der Waals surface area contributed by atoms with Crippen LogP contribution in [0.1, 0.15) is 42.7 Å². The van der Waals surface area contributed by atoms with Crippen molar-refractivity contribution in [2.24, 2.45) is 0 Å². The maximum absolute atomic E-state index is 3.72. The van der Waals surface area contributed by atoms with Crippen molar-refractivity contribution in [1.82, 2.24) is 5.32 Å². The summed E-state index contributed by atoms with van der Waals surface area (Å²) in [6.45, 7) is 4.47. The highest BCUT2D eigenvalue weighted by molar-refractivity contribution is 7.10. The molecular formula is C13H19NS. The van der Waals surface area contributed by atoms with E-state index in [0.29, 0.717) is 12.1 Å². The van der Waals surface area contributed by atoms with Gasteiger partial charge in [-0.15, -0.1) is 11.3 Å². The molecule has 0 spiro atoms. The Kier molecular flexibility index (Phi) is 3.60. The van der Waals surface area contributed by atoms with Gasteiger partial charge in [0.1, 0.15) is 0 Å². The van der Waals surface area contributed by atoms with Crippen molar-refractivity contribution >= 4 is 11.3 Å². The van der Waals surface area contributed by atoms with Crippen LogP contribution < -0.4 is 5.32 Å². The monoisotopic (exact) mass is 221 g/mol. The number of rotatable bonds is 3. The van der Waals surface area contributed by atoms with Gasteiger partial charge in [0.15, 0.2) is 0 Å². The standard InChI is InChI=1S/C13H19NS/c1-10-8-9-15-13(10)11(2)14-12-6-4-3-5-7-12/h3-4,8-9,11-12,14H,5-7H2,1-2H3. The zero-order valence-corrected chi connectivity index (χ0v) is 10.3. The Hall–Kier alpha value is -0.600. The molecule has 82 valence electrons. The summed E-state index contributed by atoms with van der Waals surface area (Å²) < 4.78 is 0. The van der Waals surface area contributed by atoms with E-state index in [0.717, 1.165) is 0 Å². The van der Waals surface area contributed by atoms with E-state index in [4.69, 9.17) is 0 Å². The van der Waals surface area contributed by atoms with Gasteiger partial charge in [0.2, 0.25) is 0 Å². The largest absolute Gasteiger partial charge is 0.306 e. The molecule has 0 aromatic carbocycles. The minimum absolute atomic E-state index is 0.501. The van der Waals surface area contributed by atoms with Gasteiger partial charge >= 0.3 is 0 Å². The summed E-state index contributed by atoms with van der Waals surface area (Å²) in [6.07, 6.45) is 8.29. The average Bonchev–Trinajstić information content (AvgIpc) is 2.66. The van der Waals surface area contributed by atoms with Crippen LogP contribution in [0, 0.1) is 6.92 Å². The fourth-order valence-electron chi connectivity index (χ4n) is 2.20. The Morgan fingerprint density at radius 1 is 1.47 bits per heavy atom. The number of nitrogens with one attached hydrogen (secondary N) is 1. The lowest BCUT2D eigenvalue weighted by Crippen LogP contribution is -2.31. The third-order valence-electron chi connectivity index (χ3n) is 3.05. The van der Waals surface area contributed by atoms with Crippen molar-refractivity contribution in [2.45, 2.75) is 45.2 Å². The molecule has 0 amide bonds. The topological polar surface area (TPSA) is 12.0 Å². The lowest BCUT2D eigenvalue weighted by molar-refractivity contribution is 0.428. The van der Waals surface area contributed by atoms with Gasteiger partial charge in [0.25, 0.3) is 0 Å². The second kappa shape index (κ2) is 4.95. The Morgan fingerprint density at radius 2 is 2.33 bits per heavy atom. The van der Waals surface area contributed by atoms with Crippen molar-refractivity contribution < 1.29 is 0 Å². The van der Waals surface area contributed by atoms with Crippen LogP contribution >= 0.6 is 11.3 Å². The highest BCUT2D eigenvalue weighted by Crippen LogP contribution is 2.25. The number of allylic oxidation sites excluding steroid dienone is 1. The second-order valence-corrected chi connectivity index (χ2v) is 5.29. The Bertz CT molecular complexity index is 340. The predicted molar refractivity (Wildman–Crippen MR) is 67.4 cm³/mol. The summed E-state index contributed by atoms with van der Waals surface area (Å²) in [5.41, 5.74) is 1.42. The third kappa shape index (κ3) is 2.70. The highest BCUT2D eigenvalue weighted by Gasteiger charge is 2.15. The molecule has 1 aromatic rings. The fourth-order valence-corrected chi connectivity index (χ4v) is 3.15. The van der Waals surface area contributed by atoms with Gasteiger partial charge in [-0.05, 0) is 50.1 Å². The van der Waals surface area contributed by atoms with Crippen LogP contribution in [-0.4, -0.2) is 6.04 Å². The molecule has 0 saturated carbocycles. The van der Waals surface area contributed by atoms with Gasteiger partial charge < -0.3 is 5.32 Å². The lowest BCUT2D eigenvalue weighted by Gasteiger charge is -2.24. The lowest BCUT2D eigenvalue weighted by atomic mass is 10.0. The molecule has 2 heteroatoms. The Balaban J connectivity index is 1.94. The highest BCUT2D eigenvalue weighted by atomic mass is 32.1. The van der Waals surface area contributed by atoms with Crippen LogP contribution in [0.5, 0.6) is 0 Å². The minimum Gasteiger partial charge on any atom is -0.306 e. The van der Waals surface area contributed by atoms with Gasteiger partial charge in [-0.1, -0.05) is 12.2 Å². The number of hydrogen-bond acceptors (Lipinski definition) is 2. The smallest absolute Gasteiger partial charge is 0.0391 e. The molecule has 0 bridgehead atoms. The molecule has 2 unspecified atom stereocenters. The maximum atomic E-state index is 3.72.